The normalized spacial score (nSPS) is 10.1. The fraction of sp³-hybridized carbons (Fsp3) is 0.577. The van der Waals surface area contributed by atoms with Crippen LogP contribution in [0.15, 0.2) is 48.5 Å². The van der Waals surface area contributed by atoms with E-state index in [1.807, 2.05) is 0 Å². The molecule has 0 unspecified atom stereocenters. The molecule has 2 aromatic rings. The van der Waals surface area contributed by atoms with Gasteiger partial charge in [-0.15, -0.1) is 0 Å². The molecule has 0 radical (unpaired) electrons. The first kappa shape index (κ1) is 26.7. The predicted molar refractivity (Wildman–Crippen MR) is 120 cm³/mol. The summed E-state index contributed by atoms with van der Waals surface area (Å²) in [7, 11) is 0. The van der Waals surface area contributed by atoms with Crippen molar-refractivity contribution in [1.29, 1.82) is 0 Å². The molecule has 0 fully saturated rings. The number of unbranched alkanes of at least 4 members (excludes halogenated alkanes) is 13. The van der Waals surface area contributed by atoms with Crippen molar-refractivity contribution in [2.45, 2.75) is 96.8 Å². The van der Waals surface area contributed by atoms with E-state index in [4.69, 9.17) is 0 Å². The second-order valence-electron chi connectivity index (χ2n) is 7.44. The molecule has 0 atom stereocenters. The first-order valence-electron chi connectivity index (χ1n) is 11.1. The molecule has 0 saturated carbocycles. The molecule has 0 aromatic heterocycles. The van der Waals surface area contributed by atoms with Gasteiger partial charge in [0.25, 0.3) is 0 Å². The second kappa shape index (κ2) is 20.4. The van der Waals surface area contributed by atoms with Gasteiger partial charge in [0.15, 0.2) is 0 Å². The van der Waals surface area contributed by atoms with Gasteiger partial charge in [-0.2, -0.15) is 6.42 Å². The summed E-state index contributed by atoms with van der Waals surface area (Å²) in [4.78, 5) is 0. The van der Waals surface area contributed by atoms with Gasteiger partial charge in [0, 0.05) is 0 Å². The Balaban J connectivity index is 0.000000523. The minimum absolute atomic E-state index is 0. The van der Waals surface area contributed by atoms with Crippen LogP contribution in [0.1, 0.15) is 96.8 Å². The smallest absolute Gasteiger partial charge is 0.343 e. The molecule has 0 spiro atoms. The Kier molecular flexibility index (Phi) is 20.2. The van der Waals surface area contributed by atoms with Crippen LogP contribution in [-0.2, 0) is 0 Å². The Hall–Kier alpha value is -0.300. The predicted octanol–water partition coefficient (Wildman–Crippen LogP) is 6.15. The Morgan fingerprint density at radius 2 is 0.815 bits per heavy atom. The van der Waals surface area contributed by atoms with E-state index in [0.29, 0.717) is 0 Å². The first-order valence-corrected chi connectivity index (χ1v) is 11.1. The summed E-state index contributed by atoms with van der Waals surface area (Å²) in [6.07, 6.45) is 19.8. The maximum Gasteiger partial charge on any atom is 1.00 e. The zero-order chi connectivity index (χ0) is 18.7. The zero-order valence-electron chi connectivity index (χ0n) is 18.2. The number of fused-ring (bicyclic) bond motifs is 1. The summed E-state index contributed by atoms with van der Waals surface area (Å²) in [5.41, 5.74) is 0. The van der Waals surface area contributed by atoms with Crippen molar-refractivity contribution in [3.63, 3.8) is 0 Å². The Bertz CT molecular complexity index is 455. The molecular formula is C26H41Na. The molecule has 0 aliphatic carbocycles. The van der Waals surface area contributed by atoms with Crippen LogP contribution in [0.4, 0.5) is 0 Å². The van der Waals surface area contributed by atoms with Gasteiger partial charge in [-0.1, -0.05) is 139 Å². The van der Waals surface area contributed by atoms with Gasteiger partial charge in [-0.25, -0.2) is 0 Å². The zero-order valence-corrected chi connectivity index (χ0v) is 20.2. The topological polar surface area (TPSA) is 0 Å². The number of hydrogen-bond donors (Lipinski definition) is 0. The van der Waals surface area contributed by atoms with E-state index < -0.39 is 0 Å². The average Bonchev–Trinajstić information content (AvgIpc) is 2.69. The number of benzene rings is 2. The fourth-order valence-electron chi connectivity index (χ4n) is 3.33. The van der Waals surface area contributed by atoms with E-state index in [0.717, 1.165) is 6.42 Å². The summed E-state index contributed by atoms with van der Waals surface area (Å²) in [6, 6.07) is 16.7. The summed E-state index contributed by atoms with van der Waals surface area (Å²) in [5, 5.41) is 2.62. The Morgan fingerprint density at radius 1 is 0.519 bits per heavy atom. The third kappa shape index (κ3) is 15.3. The van der Waals surface area contributed by atoms with Gasteiger partial charge in [0.2, 0.25) is 0 Å². The Labute approximate surface area is 191 Å². The summed E-state index contributed by atoms with van der Waals surface area (Å²) < 4.78 is 0. The van der Waals surface area contributed by atoms with Gasteiger partial charge < -0.3 is 6.92 Å². The third-order valence-corrected chi connectivity index (χ3v) is 5.01. The SMILES string of the molecule is [CH2-]CCCCCCCCCCCCCCC.[Na+].c1ccc2ccccc2c1. The van der Waals surface area contributed by atoms with Crippen LogP contribution < -0.4 is 29.6 Å². The van der Waals surface area contributed by atoms with Crippen LogP contribution in [0.25, 0.3) is 10.8 Å². The molecule has 0 aliphatic rings. The van der Waals surface area contributed by atoms with Crippen LogP contribution in [0.5, 0.6) is 0 Å². The van der Waals surface area contributed by atoms with Crippen LogP contribution in [-0.4, -0.2) is 0 Å². The molecule has 2 aromatic carbocycles. The molecule has 0 nitrogen and oxygen atoms in total. The molecule has 2 rings (SSSR count). The van der Waals surface area contributed by atoms with E-state index in [9.17, 15) is 0 Å². The molecule has 0 N–H and O–H groups in total. The Morgan fingerprint density at radius 3 is 1.11 bits per heavy atom. The minimum Gasteiger partial charge on any atom is -0.343 e. The van der Waals surface area contributed by atoms with Crippen molar-refractivity contribution < 1.29 is 29.6 Å². The van der Waals surface area contributed by atoms with Crippen LogP contribution in [0.3, 0.4) is 0 Å². The number of rotatable bonds is 13. The maximum absolute atomic E-state index is 3.87. The summed E-state index contributed by atoms with van der Waals surface area (Å²) >= 11 is 0. The van der Waals surface area contributed by atoms with Gasteiger partial charge >= 0.3 is 29.6 Å². The quantitative estimate of drug-likeness (QED) is 0.224. The van der Waals surface area contributed by atoms with E-state index >= 15 is 0 Å². The fourth-order valence-corrected chi connectivity index (χ4v) is 3.33. The monoisotopic (exact) mass is 376 g/mol. The molecule has 146 valence electrons. The van der Waals surface area contributed by atoms with Gasteiger partial charge in [0.1, 0.15) is 0 Å². The maximum atomic E-state index is 3.87. The van der Waals surface area contributed by atoms with Gasteiger partial charge in [-0.05, 0) is 10.8 Å². The molecular weight excluding hydrogens is 335 g/mol. The van der Waals surface area contributed by atoms with Crippen molar-refractivity contribution in [2.75, 3.05) is 0 Å². The first-order chi connectivity index (χ1) is 12.9. The minimum atomic E-state index is 0. The molecule has 0 heterocycles. The summed E-state index contributed by atoms with van der Waals surface area (Å²) in [6.45, 7) is 6.16. The van der Waals surface area contributed by atoms with E-state index in [1.54, 1.807) is 0 Å². The van der Waals surface area contributed by atoms with Crippen molar-refractivity contribution in [2.24, 2.45) is 0 Å². The van der Waals surface area contributed by atoms with Crippen LogP contribution >= 0.6 is 0 Å². The van der Waals surface area contributed by atoms with Crippen LogP contribution in [0.2, 0.25) is 0 Å². The second-order valence-corrected chi connectivity index (χ2v) is 7.44. The van der Waals surface area contributed by atoms with Crippen molar-refractivity contribution in [3.8, 4) is 0 Å². The average molecular weight is 377 g/mol. The van der Waals surface area contributed by atoms with Crippen LogP contribution in [0, 0.1) is 6.92 Å². The van der Waals surface area contributed by atoms with Crippen molar-refractivity contribution in [3.05, 3.63) is 55.5 Å². The van der Waals surface area contributed by atoms with Crippen molar-refractivity contribution >= 4 is 10.8 Å². The van der Waals surface area contributed by atoms with Gasteiger partial charge in [0.05, 0.1) is 0 Å². The molecule has 0 saturated heterocycles. The van der Waals surface area contributed by atoms with E-state index in [1.165, 1.54) is 94.2 Å². The van der Waals surface area contributed by atoms with E-state index in [-0.39, 0.29) is 29.6 Å². The van der Waals surface area contributed by atoms with Crippen molar-refractivity contribution in [1.82, 2.24) is 0 Å². The largest absolute Gasteiger partial charge is 1.00 e. The number of hydrogen-bond acceptors (Lipinski definition) is 0. The van der Waals surface area contributed by atoms with Gasteiger partial charge in [-0.3, -0.25) is 0 Å². The molecule has 0 aliphatic heterocycles. The molecule has 27 heavy (non-hydrogen) atoms. The molecule has 1 heteroatoms. The van der Waals surface area contributed by atoms with E-state index in [2.05, 4.69) is 62.4 Å². The standard InChI is InChI=1S/C16H33.C10H8.Na/c1-3-5-7-9-11-13-15-16-14-12-10-8-6-4-2;1-2-6-10-8-4-3-7-9(10)5-1;/h1,3-16H2,2H3;1-8H;/q-1;;+1. The summed E-state index contributed by atoms with van der Waals surface area (Å²) in [5.74, 6) is 0. The molecule has 0 amide bonds. The molecule has 0 bridgehead atoms. The third-order valence-electron chi connectivity index (χ3n) is 5.01.